The van der Waals surface area contributed by atoms with E-state index >= 15 is 0 Å². The topological polar surface area (TPSA) is 58.2 Å². The minimum atomic E-state index is -3.41. The molecule has 0 saturated heterocycles. The van der Waals surface area contributed by atoms with E-state index in [1.807, 2.05) is 12.1 Å². The van der Waals surface area contributed by atoms with Gasteiger partial charge in [-0.2, -0.15) is 0 Å². The third kappa shape index (κ3) is 3.15. The van der Waals surface area contributed by atoms with E-state index in [1.54, 1.807) is 6.07 Å². The van der Waals surface area contributed by atoms with Crippen molar-refractivity contribution in [2.75, 3.05) is 0 Å². The maximum absolute atomic E-state index is 12.6. The molecule has 3 rings (SSSR count). The van der Waals surface area contributed by atoms with E-state index in [0.717, 1.165) is 37.9 Å². The standard InChI is InChI=1S/C16H24N2O2S/c1-11-3-6-16(12(2)7-11)18-21(19,20)15-5-4-13-9-17-10-14(13)8-15/h4-5,8,11-12,16-18H,3,6-7,9-10H2,1-2H3. The quantitative estimate of drug-likeness (QED) is 0.901. The first-order valence-corrected chi connectivity index (χ1v) is 9.29. The maximum atomic E-state index is 12.6. The van der Waals surface area contributed by atoms with Crippen molar-refractivity contribution < 1.29 is 8.42 Å². The van der Waals surface area contributed by atoms with Crippen molar-refractivity contribution in [3.05, 3.63) is 29.3 Å². The number of benzene rings is 1. The average Bonchev–Trinajstić information content (AvgIpc) is 2.89. The Bertz CT molecular complexity index is 627. The monoisotopic (exact) mass is 308 g/mol. The number of fused-ring (bicyclic) bond motifs is 1. The van der Waals surface area contributed by atoms with Gasteiger partial charge >= 0.3 is 0 Å². The van der Waals surface area contributed by atoms with E-state index in [9.17, 15) is 8.42 Å². The molecule has 0 aromatic heterocycles. The average molecular weight is 308 g/mol. The zero-order chi connectivity index (χ0) is 15.0. The molecular formula is C16H24N2O2S. The van der Waals surface area contributed by atoms with Crippen LogP contribution in [0.4, 0.5) is 0 Å². The molecule has 2 N–H and O–H groups in total. The summed E-state index contributed by atoms with van der Waals surface area (Å²) in [7, 11) is -3.41. The Balaban J connectivity index is 1.78. The van der Waals surface area contributed by atoms with Gasteiger partial charge in [-0.05, 0) is 54.4 Å². The molecule has 5 heteroatoms. The zero-order valence-electron chi connectivity index (χ0n) is 12.7. The summed E-state index contributed by atoms with van der Waals surface area (Å²) in [6.07, 6.45) is 3.14. The summed E-state index contributed by atoms with van der Waals surface area (Å²) >= 11 is 0. The van der Waals surface area contributed by atoms with Crippen molar-refractivity contribution in [1.82, 2.24) is 10.0 Å². The lowest BCUT2D eigenvalue weighted by Gasteiger charge is -2.32. The van der Waals surface area contributed by atoms with Gasteiger partial charge in [0.15, 0.2) is 0 Å². The molecule has 1 saturated carbocycles. The molecule has 116 valence electrons. The van der Waals surface area contributed by atoms with Crippen LogP contribution >= 0.6 is 0 Å². The highest BCUT2D eigenvalue weighted by Crippen LogP contribution is 2.30. The molecule has 0 bridgehead atoms. The van der Waals surface area contributed by atoms with E-state index < -0.39 is 10.0 Å². The van der Waals surface area contributed by atoms with Gasteiger partial charge in [0.2, 0.25) is 10.0 Å². The minimum Gasteiger partial charge on any atom is -0.309 e. The summed E-state index contributed by atoms with van der Waals surface area (Å²) in [4.78, 5) is 0.399. The number of rotatable bonds is 3. The van der Waals surface area contributed by atoms with Crippen LogP contribution in [0.2, 0.25) is 0 Å². The van der Waals surface area contributed by atoms with Crippen LogP contribution in [0.1, 0.15) is 44.2 Å². The lowest BCUT2D eigenvalue weighted by molar-refractivity contribution is 0.249. The Morgan fingerprint density at radius 1 is 1.14 bits per heavy atom. The van der Waals surface area contributed by atoms with E-state index in [-0.39, 0.29) is 6.04 Å². The van der Waals surface area contributed by atoms with Crippen molar-refractivity contribution in [1.29, 1.82) is 0 Å². The predicted molar refractivity (Wildman–Crippen MR) is 83.3 cm³/mol. The highest BCUT2D eigenvalue weighted by molar-refractivity contribution is 7.89. The van der Waals surface area contributed by atoms with Crippen molar-refractivity contribution in [2.24, 2.45) is 11.8 Å². The predicted octanol–water partition coefficient (Wildman–Crippen LogP) is 2.39. The van der Waals surface area contributed by atoms with Crippen LogP contribution in [0.15, 0.2) is 23.1 Å². The van der Waals surface area contributed by atoms with Gasteiger partial charge in [0.25, 0.3) is 0 Å². The van der Waals surface area contributed by atoms with Gasteiger partial charge in [-0.1, -0.05) is 19.9 Å². The van der Waals surface area contributed by atoms with Crippen LogP contribution in [-0.4, -0.2) is 14.5 Å². The normalized spacial score (nSPS) is 29.3. The summed E-state index contributed by atoms with van der Waals surface area (Å²) in [6, 6.07) is 5.53. The van der Waals surface area contributed by atoms with Gasteiger partial charge in [0.05, 0.1) is 4.90 Å². The summed E-state index contributed by atoms with van der Waals surface area (Å²) in [6.45, 7) is 5.99. The lowest BCUT2D eigenvalue weighted by atomic mass is 9.80. The van der Waals surface area contributed by atoms with Crippen LogP contribution < -0.4 is 10.0 Å². The fourth-order valence-electron chi connectivity index (χ4n) is 3.55. The Hall–Kier alpha value is -0.910. The smallest absolute Gasteiger partial charge is 0.240 e. The molecule has 1 heterocycles. The van der Waals surface area contributed by atoms with Gasteiger partial charge < -0.3 is 5.32 Å². The van der Waals surface area contributed by atoms with Crippen LogP contribution in [0.25, 0.3) is 0 Å². The van der Waals surface area contributed by atoms with Gasteiger partial charge in [-0.15, -0.1) is 0 Å². The largest absolute Gasteiger partial charge is 0.309 e. The molecule has 1 aromatic rings. The molecule has 3 unspecified atom stereocenters. The van der Waals surface area contributed by atoms with Crippen molar-refractivity contribution in [3.8, 4) is 0 Å². The Morgan fingerprint density at radius 2 is 1.90 bits per heavy atom. The van der Waals surface area contributed by atoms with Gasteiger partial charge in [-0.25, -0.2) is 13.1 Å². The number of nitrogens with one attached hydrogen (secondary N) is 2. The SMILES string of the molecule is CC1CCC(NS(=O)(=O)c2ccc3c(c2)CNC3)C(C)C1. The maximum Gasteiger partial charge on any atom is 0.240 e. The summed E-state index contributed by atoms with van der Waals surface area (Å²) in [5.41, 5.74) is 2.30. The van der Waals surface area contributed by atoms with Gasteiger partial charge in [-0.3, -0.25) is 0 Å². The van der Waals surface area contributed by atoms with Crippen LogP contribution in [0.3, 0.4) is 0 Å². The summed E-state index contributed by atoms with van der Waals surface area (Å²) < 4.78 is 28.1. The molecule has 2 aliphatic rings. The fourth-order valence-corrected chi connectivity index (χ4v) is 4.98. The third-order valence-corrected chi connectivity index (χ3v) is 6.34. The molecule has 1 aliphatic heterocycles. The fraction of sp³-hybridized carbons (Fsp3) is 0.625. The number of sulfonamides is 1. The highest BCUT2D eigenvalue weighted by Gasteiger charge is 2.29. The van der Waals surface area contributed by atoms with Crippen LogP contribution in [0.5, 0.6) is 0 Å². The van der Waals surface area contributed by atoms with Gasteiger partial charge in [0.1, 0.15) is 0 Å². The van der Waals surface area contributed by atoms with Crippen molar-refractivity contribution in [2.45, 2.75) is 57.1 Å². The van der Waals surface area contributed by atoms with Gasteiger partial charge in [0, 0.05) is 19.1 Å². The van der Waals surface area contributed by atoms with Crippen molar-refractivity contribution in [3.63, 3.8) is 0 Å². The molecule has 21 heavy (non-hydrogen) atoms. The second-order valence-corrected chi connectivity index (χ2v) is 8.37. The Morgan fingerprint density at radius 3 is 2.67 bits per heavy atom. The van der Waals surface area contributed by atoms with E-state index in [1.165, 1.54) is 5.56 Å². The Labute approximate surface area is 127 Å². The highest BCUT2D eigenvalue weighted by atomic mass is 32.2. The second kappa shape index (κ2) is 5.71. The molecule has 1 aromatic carbocycles. The number of hydrogen-bond acceptors (Lipinski definition) is 3. The van der Waals surface area contributed by atoms with E-state index in [0.29, 0.717) is 16.7 Å². The minimum absolute atomic E-state index is 0.0672. The molecule has 1 fully saturated rings. The van der Waals surface area contributed by atoms with E-state index in [2.05, 4.69) is 23.9 Å². The summed E-state index contributed by atoms with van der Waals surface area (Å²) in [5.74, 6) is 1.10. The van der Waals surface area contributed by atoms with Crippen LogP contribution in [-0.2, 0) is 23.1 Å². The van der Waals surface area contributed by atoms with Crippen molar-refractivity contribution >= 4 is 10.0 Å². The first-order chi connectivity index (χ1) is 9.95. The lowest BCUT2D eigenvalue weighted by Crippen LogP contribution is -2.42. The summed E-state index contributed by atoms with van der Waals surface area (Å²) in [5, 5.41) is 3.24. The second-order valence-electron chi connectivity index (χ2n) is 6.66. The third-order valence-electron chi connectivity index (χ3n) is 4.86. The van der Waals surface area contributed by atoms with Crippen LogP contribution in [0, 0.1) is 11.8 Å². The zero-order valence-corrected chi connectivity index (χ0v) is 13.5. The first kappa shape index (κ1) is 15.0. The molecular weight excluding hydrogens is 284 g/mol. The molecule has 4 nitrogen and oxygen atoms in total. The molecule has 1 aliphatic carbocycles. The molecule has 3 atom stereocenters. The first-order valence-electron chi connectivity index (χ1n) is 7.80. The molecule has 0 radical (unpaired) electrons. The molecule has 0 spiro atoms. The Kier molecular flexibility index (Phi) is 4.08. The number of hydrogen-bond donors (Lipinski definition) is 2. The molecule has 0 amide bonds. The van der Waals surface area contributed by atoms with E-state index in [4.69, 9.17) is 0 Å².